The Balaban J connectivity index is 0.000000232. The number of hydrogen-bond acceptors (Lipinski definition) is 12. The third kappa shape index (κ3) is 10.0. The van der Waals surface area contributed by atoms with E-state index in [4.69, 9.17) is 23.2 Å². The zero-order valence-corrected chi connectivity index (χ0v) is 35.6. The van der Waals surface area contributed by atoms with Crippen LogP contribution in [0.5, 0.6) is 11.5 Å². The molecule has 6 aromatic carbocycles. The number of fused-ring (bicyclic) bond motifs is 2. The third-order valence-electron chi connectivity index (χ3n) is 7.85. The molecule has 0 aliphatic carbocycles. The first-order valence-electron chi connectivity index (χ1n) is 15.4. The summed E-state index contributed by atoms with van der Waals surface area (Å²) in [6, 6.07) is 25.6. The number of halogens is 2. The fourth-order valence-corrected chi connectivity index (χ4v) is 7.13. The van der Waals surface area contributed by atoms with Crippen LogP contribution in [0.3, 0.4) is 0 Å². The Morgan fingerprint density at radius 1 is 0.566 bits per heavy atom. The average Bonchev–Trinajstić information content (AvgIpc) is 3.10. The largest absolute Gasteiger partial charge is 2.00 e. The summed E-state index contributed by atoms with van der Waals surface area (Å²) >= 11 is 12.2. The van der Waals surface area contributed by atoms with Crippen molar-refractivity contribution in [3.05, 3.63) is 118 Å². The predicted molar refractivity (Wildman–Crippen MR) is 203 cm³/mol. The molecule has 0 unspecified atom stereocenters. The van der Waals surface area contributed by atoms with Gasteiger partial charge in [-0.15, -0.1) is 10.2 Å². The Kier molecular flexibility index (Phi) is 14.2. The van der Waals surface area contributed by atoms with E-state index in [9.17, 15) is 36.2 Å². The molecule has 268 valence electrons. The fraction of sp³-hybridized carbons (Fsp3) is 0.111. The molecule has 0 saturated heterocycles. The Hall–Kier alpha value is -3.39. The normalized spacial score (nSPS) is 11.9. The Labute approximate surface area is 355 Å². The molecule has 6 aromatic rings. The van der Waals surface area contributed by atoms with Crippen LogP contribution >= 0.6 is 23.2 Å². The number of nitrogens with zero attached hydrogens (tertiary/aromatic N) is 4. The van der Waals surface area contributed by atoms with Crippen LogP contribution in [0.1, 0.15) is 25.0 Å². The van der Waals surface area contributed by atoms with Crippen LogP contribution in [0.15, 0.2) is 127 Å². The molecule has 0 aromatic heterocycles. The summed E-state index contributed by atoms with van der Waals surface area (Å²) < 4.78 is 67.9. The van der Waals surface area contributed by atoms with Gasteiger partial charge in [0.15, 0.2) is 0 Å². The molecule has 0 bridgehead atoms. The van der Waals surface area contributed by atoms with Gasteiger partial charge in [-0.2, -0.15) is 10.2 Å². The van der Waals surface area contributed by atoms with Crippen molar-refractivity contribution in [1.29, 1.82) is 0 Å². The van der Waals surface area contributed by atoms with Crippen LogP contribution in [0.2, 0.25) is 10.0 Å². The molecule has 2 N–H and O–H groups in total. The summed E-state index contributed by atoms with van der Waals surface area (Å²) in [5.41, 5.74) is 1.95. The number of azo groups is 2. The fourth-order valence-electron chi connectivity index (χ4n) is 5.27. The molecule has 0 fully saturated rings. The number of rotatable bonds is 8. The Bertz CT molecular complexity index is 2440. The van der Waals surface area contributed by atoms with Gasteiger partial charge in [0.1, 0.15) is 43.1 Å². The molecule has 0 amide bonds. The average molecular weight is 917 g/mol. The van der Waals surface area contributed by atoms with Crippen molar-refractivity contribution in [2.75, 3.05) is 0 Å². The summed E-state index contributed by atoms with van der Waals surface area (Å²) in [7, 11) is -9.37. The van der Waals surface area contributed by atoms with E-state index in [0.29, 0.717) is 34.7 Å². The number of phenolic OH excluding ortho intramolecular Hbond substituents is 2. The molecular formula is C36H28BaCl2N4O8S2. The van der Waals surface area contributed by atoms with E-state index in [1.165, 1.54) is 12.1 Å². The standard InChI is InChI=1S/2C18H15ClN2O4S.Ba/c2*1-2-13-15(19)9-12(26(23,24)25)10-16(13)20-21-18-14-6-4-3-5-11(14)7-8-17(18)22;/h2*3-10,22H,2H2,1H3,(H,23,24,25);/q;;+2/p-2. The summed E-state index contributed by atoms with van der Waals surface area (Å²) in [5.74, 6) is -0.131. The molecule has 0 atom stereocenters. The Morgan fingerprint density at radius 2 is 0.925 bits per heavy atom. The second-order valence-electron chi connectivity index (χ2n) is 11.1. The van der Waals surface area contributed by atoms with Crippen molar-refractivity contribution in [1.82, 2.24) is 0 Å². The van der Waals surface area contributed by atoms with Crippen LogP contribution in [0.4, 0.5) is 22.7 Å². The van der Waals surface area contributed by atoms with Crippen molar-refractivity contribution in [2.45, 2.75) is 36.5 Å². The monoisotopic (exact) mass is 916 g/mol. The van der Waals surface area contributed by atoms with Crippen molar-refractivity contribution in [3.8, 4) is 11.5 Å². The van der Waals surface area contributed by atoms with Crippen molar-refractivity contribution >= 4 is 137 Å². The number of benzene rings is 6. The molecule has 0 radical (unpaired) electrons. The molecule has 0 aliphatic heterocycles. The molecule has 0 spiro atoms. The van der Waals surface area contributed by atoms with Gasteiger partial charge in [-0.3, -0.25) is 0 Å². The van der Waals surface area contributed by atoms with Gasteiger partial charge < -0.3 is 19.3 Å². The molecule has 17 heteroatoms. The quantitative estimate of drug-likeness (QED) is 0.0852. The van der Waals surface area contributed by atoms with Crippen molar-refractivity contribution < 1.29 is 36.2 Å². The van der Waals surface area contributed by atoms with Crippen molar-refractivity contribution in [2.24, 2.45) is 20.5 Å². The van der Waals surface area contributed by atoms with E-state index in [0.717, 1.165) is 35.0 Å². The van der Waals surface area contributed by atoms with E-state index in [2.05, 4.69) is 20.5 Å². The minimum atomic E-state index is -4.68. The van der Waals surface area contributed by atoms with E-state index in [-0.39, 0.29) is 93.2 Å². The maximum absolute atomic E-state index is 11.3. The van der Waals surface area contributed by atoms with Gasteiger partial charge >= 0.3 is 48.9 Å². The zero-order valence-electron chi connectivity index (χ0n) is 28.1. The molecule has 53 heavy (non-hydrogen) atoms. The van der Waals surface area contributed by atoms with E-state index >= 15 is 0 Å². The first kappa shape index (κ1) is 42.4. The maximum atomic E-state index is 11.3. The van der Waals surface area contributed by atoms with Crippen LogP contribution in [0.25, 0.3) is 21.5 Å². The second kappa shape index (κ2) is 17.8. The first-order chi connectivity index (χ1) is 24.6. The predicted octanol–water partition coefficient (Wildman–Crippen LogP) is 9.78. The third-order valence-corrected chi connectivity index (χ3v) is 10.1. The topological polar surface area (TPSA) is 204 Å². The van der Waals surface area contributed by atoms with Gasteiger partial charge in [0.05, 0.1) is 21.2 Å². The maximum Gasteiger partial charge on any atom is 2.00 e. The summed E-state index contributed by atoms with van der Waals surface area (Å²) in [4.78, 5) is -0.952. The summed E-state index contributed by atoms with van der Waals surface area (Å²) in [6.07, 6.45) is 0.932. The van der Waals surface area contributed by atoms with Gasteiger partial charge in [0, 0.05) is 20.8 Å². The van der Waals surface area contributed by atoms with Crippen LogP contribution in [-0.2, 0) is 33.1 Å². The summed E-state index contributed by atoms with van der Waals surface area (Å²) in [5, 5.41) is 39.9. The summed E-state index contributed by atoms with van der Waals surface area (Å²) in [6.45, 7) is 3.64. The van der Waals surface area contributed by atoms with E-state index in [1.54, 1.807) is 36.4 Å². The van der Waals surface area contributed by atoms with E-state index in [1.807, 2.05) is 38.1 Å². The van der Waals surface area contributed by atoms with Crippen LogP contribution in [-0.4, -0.2) is 85.0 Å². The molecule has 0 heterocycles. The molecule has 12 nitrogen and oxygen atoms in total. The van der Waals surface area contributed by atoms with Gasteiger partial charge in [0.25, 0.3) is 0 Å². The molecule has 0 aliphatic rings. The number of aromatic hydroxyl groups is 2. The SMILES string of the molecule is CCc1c(Cl)cc(S(=O)(=O)[O-])cc1N=Nc1c(O)ccc2ccccc12.CCc1c(Cl)cc(S(=O)(=O)[O-])cc1N=Nc1c(O)ccc2ccccc12.[Ba+2]. The minimum absolute atomic E-state index is 0. The molecule has 6 rings (SSSR count). The smallest absolute Gasteiger partial charge is 0.744 e. The van der Waals surface area contributed by atoms with Crippen molar-refractivity contribution in [3.63, 3.8) is 0 Å². The van der Waals surface area contributed by atoms with Crippen LogP contribution in [0, 0.1) is 0 Å². The van der Waals surface area contributed by atoms with Gasteiger partial charge in [-0.25, -0.2) is 16.8 Å². The number of hydrogen-bond donors (Lipinski definition) is 2. The van der Waals surface area contributed by atoms with Gasteiger partial charge in [-0.1, -0.05) is 97.7 Å². The molecule has 0 saturated carbocycles. The number of phenols is 2. The zero-order chi connectivity index (χ0) is 37.8. The van der Waals surface area contributed by atoms with Gasteiger partial charge in [-0.05, 0) is 71.1 Å². The van der Waals surface area contributed by atoms with Gasteiger partial charge in [0.2, 0.25) is 0 Å². The van der Waals surface area contributed by atoms with E-state index < -0.39 is 30.0 Å². The second-order valence-corrected chi connectivity index (χ2v) is 14.7. The minimum Gasteiger partial charge on any atom is -0.744 e. The van der Waals surface area contributed by atoms with Crippen LogP contribution < -0.4 is 0 Å². The molecular weight excluding hydrogens is 889 g/mol. The Morgan fingerprint density at radius 3 is 1.26 bits per heavy atom. The first-order valence-corrected chi connectivity index (χ1v) is 19.0.